The van der Waals surface area contributed by atoms with E-state index < -0.39 is 0 Å². The van der Waals surface area contributed by atoms with Crippen molar-refractivity contribution in [1.82, 2.24) is 0 Å². The molecule has 0 aromatic carbocycles. The van der Waals surface area contributed by atoms with Crippen LogP contribution in [0.15, 0.2) is 0 Å². The molecule has 0 heterocycles. The molecule has 0 nitrogen and oxygen atoms in total. The first-order valence-electron chi connectivity index (χ1n) is 7.65. The van der Waals surface area contributed by atoms with Crippen LogP contribution < -0.4 is 0 Å². The van der Waals surface area contributed by atoms with Crippen LogP contribution in [0.2, 0.25) is 5.31 Å². The molecule has 0 N–H and O–H groups in total. The van der Waals surface area contributed by atoms with E-state index in [9.17, 15) is 0 Å². The van der Waals surface area contributed by atoms with Crippen molar-refractivity contribution in [3.63, 3.8) is 0 Å². The highest BCUT2D eigenvalue weighted by Gasteiger charge is 2.27. The molecule has 17 heavy (non-hydrogen) atoms. The largest absolute Gasteiger partial charge is 0.0749 e. The molecule has 1 heteroatoms. The highest BCUT2D eigenvalue weighted by atomic mass is 14.3. The van der Waals surface area contributed by atoms with E-state index >= 15 is 0 Å². The molecule has 1 aliphatic carbocycles. The van der Waals surface area contributed by atoms with Crippen LogP contribution >= 0.6 is 0 Å². The van der Waals surface area contributed by atoms with Crippen LogP contribution in [0.1, 0.15) is 85.5 Å². The lowest BCUT2D eigenvalue weighted by Crippen LogP contribution is -2.20. The summed E-state index contributed by atoms with van der Waals surface area (Å²) >= 11 is 0. The third-order valence-electron chi connectivity index (χ3n) is 4.89. The Morgan fingerprint density at radius 2 is 1.18 bits per heavy atom. The molecule has 0 aliphatic heterocycles. The average Bonchev–Trinajstić information content (AvgIpc) is 2.25. The van der Waals surface area contributed by atoms with Gasteiger partial charge in [0.1, 0.15) is 0 Å². The molecule has 0 amide bonds. The first-order valence-corrected chi connectivity index (χ1v) is 7.65. The van der Waals surface area contributed by atoms with E-state index in [-0.39, 0.29) is 5.31 Å². The molecule has 1 unspecified atom stereocenters. The molecule has 1 fully saturated rings. The molecule has 0 aromatic rings. The lowest BCUT2D eigenvalue weighted by atomic mass is 9.56. The predicted molar refractivity (Wildman–Crippen MR) is 78.6 cm³/mol. The van der Waals surface area contributed by atoms with Crippen LogP contribution in [0.4, 0.5) is 0 Å². The third-order valence-corrected chi connectivity index (χ3v) is 4.89. The maximum atomic E-state index is 6.61. The van der Waals surface area contributed by atoms with E-state index in [1.54, 1.807) is 0 Å². The fourth-order valence-corrected chi connectivity index (χ4v) is 3.12. The van der Waals surface area contributed by atoms with Crippen molar-refractivity contribution >= 4 is 7.85 Å². The standard InChI is InChI=1S/C16H31B/c1-14(2)16(17)12-7-5-6-10-15(3,4)11-8-9-13-16/h14H,5-13H2,1-4H3. The van der Waals surface area contributed by atoms with Crippen LogP contribution in [0.5, 0.6) is 0 Å². The van der Waals surface area contributed by atoms with Crippen molar-refractivity contribution in [2.45, 2.75) is 90.8 Å². The molecule has 1 rings (SSSR count). The van der Waals surface area contributed by atoms with Gasteiger partial charge in [-0.25, -0.2) is 0 Å². The molecule has 2 radical (unpaired) electrons. The second kappa shape index (κ2) is 6.30. The van der Waals surface area contributed by atoms with Gasteiger partial charge in [-0.1, -0.05) is 78.0 Å². The zero-order valence-electron chi connectivity index (χ0n) is 12.5. The van der Waals surface area contributed by atoms with E-state index in [0.717, 1.165) is 0 Å². The van der Waals surface area contributed by atoms with Gasteiger partial charge in [-0.15, -0.1) is 0 Å². The highest BCUT2D eigenvalue weighted by Crippen LogP contribution is 2.44. The SMILES string of the molecule is [B]C1(C(C)C)CCCCCC(C)(C)CCCC1. The number of hydrogen-bond donors (Lipinski definition) is 0. The molecular weight excluding hydrogens is 203 g/mol. The maximum absolute atomic E-state index is 6.61. The summed E-state index contributed by atoms with van der Waals surface area (Å²) < 4.78 is 0. The molecule has 1 atom stereocenters. The van der Waals surface area contributed by atoms with Gasteiger partial charge in [-0.3, -0.25) is 0 Å². The van der Waals surface area contributed by atoms with Crippen molar-refractivity contribution < 1.29 is 0 Å². The third kappa shape index (κ3) is 5.06. The van der Waals surface area contributed by atoms with Gasteiger partial charge in [0.15, 0.2) is 0 Å². The van der Waals surface area contributed by atoms with Crippen LogP contribution in [0, 0.1) is 11.3 Å². The monoisotopic (exact) mass is 234 g/mol. The van der Waals surface area contributed by atoms with E-state index in [0.29, 0.717) is 11.3 Å². The molecule has 98 valence electrons. The Morgan fingerprint density at radius 3 is 1.71 bits per heavy atom. The van der Waals surface area contributed by atoms with Gasteiger partial charge >= 0.3 is 0 Å². The average molecular weight is 234 g/mol. The Kier molecular flexibility index (Phi) is 5.60. The zero-order chi connectivity index (χ0) is 12.9. The van der Waals surface area contributed by atoms with Gasteiger partial charge in [-0.05, 0) is 24.2 Å². The minimum atomic E-state index is 0.106. The lowest BCUT2D eigenvalue weighted by molar-refractivity contribution is 0.284. The van der Waals surface area contributed by atoms with Gasteiger partial charge in [-0.2, -0.15) is 0 Å². The Hall–Kier alpha value is 0.0649. The van der Waals surface area contributed by atoms with E-state index in [1.807, 2.05) is 0 Å². The van der Waals surface area contributed by atoms with E-state index in [2.05, 4.69) is 27.7 Å². The molecule has 1 saturated carbocycles. The van der Waals surface area contributed by atoms with Crippen LogP contribution in [-0.2, 0) is 0 Å². The summed E-state index contributed by atoms with van der Waals surface area (Å²) in [6.45, 7) is 9.46. The van der Waals surface area contributed by atoms with Crippen LogP contribution in [0.25, 0.3) is 0 Å². The summed E-state index contributed by atoms with van der Waals surface area (Å²) in [5, 5.41) is 0.106. The summed E-state index contributed by atoms with van der Waals surface area (Å²) in [5.41, 5.74) is 0.555. The molecule has 1 aliphatic rings. The Morgan fingerprint density at radius 1 is 0.765 bits per heavy atom. The predicted octanol–water partition coefficient (Wildman–Crippen LogP) is 5.52. The van der Waals surface area contributed by atoms with Gasteiger partial charge in [0, 0.05) is 0 Å². The van der Waals surface area contributed by atoms with Crippen molar-refractivity contribution in [3.8, 4) is 0 Å². The van der Waals surface area contributed by atoms with Gasteiger partial charge in [0.25, 0.3) is 0 Å². The van der Waals surface area contributed by atoms with Gasteiger partial charge in [0.05, 0.1) is 7.85 Å². The molecule has 0 aromatic heterocycles. The van der Waals surface area contributed by atoms with Crippen molar-refractivity contribution in [3.05, 3.63) is 0 Å². The minimum absolute atomic E-state index is 0.106. The van der Waals surface area contributed by atoms with Crippen molar-refractivity contribution in [2.24, 2.45) is 11.3 Å². The van der Waals surface area contributed by atoms with Crippen LogP contribution in [0.3, 0.4) is 0 Å². The van der Waals surface area contributed by atoms with E-state index in [4.69, 9.17) is 7.85 Å². The van der Waals surface area contributed by atoms with Gasteiger partial charge < -0.3 is 0 Å². The Labute approximate surface area is 110 Å². The molecular formula is C16H31B. The summed E-state index contributed by atoms with van der Waals surface area (Å²) in [5.74, 6) is 0.622. The molecule has 0 saturated heterocycles. The van der Waals surface area contributed by atoms with Gasteiger partial charge in [0.2, 0.25) is 0 Å². The second-order valence-corrected chi connectivity index (χ2v) is 7.32. The smallest absolute Gasteiger partial charge is 0.0638 e. The summed E-state index contributed by atoms with van der Waals surface area (Å²) in [4.78, 5) is 0. The Bertz CT molecular complexity index is 220. The lowest BCUT2D eigenvalue weighted by Gasteiger charge is -2.35. The second-order valence-electron chi connectivity index (χ2n) is 7.32. The summed E-state index contributed by atoms with van der Waals surface area (Å²) in [7, 11) is 6.61. The Balaban J connectivity index is 2.56. The summed E-state index contributed by atoms with van der Waals surface area (Å²) in [6, 6.07) is 0. The van der Waals surface area contributed by atoms with E-state index in [1.165, 1.54) is 57.8 Å². The van der Waals surface area contributed by atoms with Crippen molar-refractivity contribution in [2.75, 3.05) is 0 Å². The molecule has 0 bridgehead atoms. The zero-order valence-corrected chi connectivity index (χ0v) is 12.5. The quantitative estimate of drug-likeness (QED) is 0.524. The first kappa shape index (κ1) is 15.1. The number of hydrogen-bond acceptors (Lipinski definition) is 0. The van der Waals surface area contributed by atoms with Crippen molar-refractivity contribution in [1.29, 1.82) is 0 Å². The first-order chi connectivity index (χ1) is 7.86. The fourth-order valence-electron chi connectivity index (χ4n) is 3.12. The van der Waals surface area contributed by atoms with Crippen LogP contribution in [-0.4, -0.2) is 7.85 Å². The molecule has 0 spiro atoms. The maximum Gasteiger partial charge on any atom is 0.0749 e. The minimum Gasteiger partial charge on any atom is -0.0638 e. The highest BCUT2D eigenvalue weighted by molar-refractivity contribution is 6.15. The number of rotatable bonds is 1. The topological polar surface area (TPSA) is 0 Å². The normalized spacial score (nSPS) is 32.1. The fraction of sp³-hybridized carbons (Fsp3) is 1.00. The summed E-state index contributed by atoms with van der Waals surface area (Å²) in [6.07, 6.45) is 12.0.